The summed E-state index contributed by atoms with van der Waals surface area (Å²) in [5.41, 5.74) is 2.68. The van der Waals surface area contributed by atoms with Crippen molar-refractivity contribution in [3.8, 4) is 0 Å². The average molecular weight is 317 g/mol. The van der Waals surface area contributed by atoms with Crippen LogP contribution in [-0.2, 0) is 24.4 Å². The number of nitrogens with zero attached hydrogens (tertiary/aromatic N) is 3. The van der Waals surface area contributed by atoms with Gasteiger partial charge in [-0.2, -0.15) is 0 Å². The van der Waals surface area contributed by atoms with Crippen LogP contribution < -0.4 is 0 Å². The molecule has 1 saturated carbocycles. The Morgan fingerprint density at radius 2 is 2.32 bits per heavy atom. The van der Waals surface area contributed by atoms with E-state index in [0.29, 0.717) is 5.92 Å². The van der Waals surface area contributed by atoms with E-state index in [9.17, 15) is 0 Å². The van der Waals surface area contributed by atoms with E-state index in [1.807, 2.05) is 11.3 Å². The van der Waals surface area contributed by atoms with E-state index >= 15 is 0 Å². The molecule has 4 nitrogen and oxygen atoms in total. The molecule has 0 saturated heterocycles. The number of rotatable bonds is 6. The Labute approximate surface area is 135 Å². The standard InChI is InChI=1S/C17H23N3OS/c1-21-11-14-8-19(9-15-3-2-6-22-15)10-16-17(14)20(12-18-16)7-13-4-5-13/h2-3,6,12-14H,4-5,7-11H2,1H3/t14-/m0/s1. The number of fused-ring (bicyclic) bond motifs is 1. The van der Waals surface area contributed by atoms with E-state index in [1.165, 1.54) is 29.1 Å². The summed E-state index contributed by atoms with van der Waals surface area (Å²) in [6, 6.07) is 4.35. The van der Waals surface area contributed by atoms with Crippen molar-refractivity contribution in [1.82, 2.24) is 14.5 Å². The quantitative estimate of drug-likeness (QED) is 0.820. The molecule has 2 aromatic heterocycles. The summed E-state index contributed by atoms with van der Waals surface area (Å²) >= 11 is 1.84. The Balaban J connectivity index is 1.55. The smallest absolute Gasteiger partial charge is 0.0952 e. The summed E-state index contributed by atoms with van der Waals surface area (Å²) in [7, 11) is 1.81. The Morgan fingerprint density at radius 1 is 1.41 bits per heavy atom. The third kappa shape index (κ3) is 2.98. The van der Waals surface area contributed by atoms with Crippen LogP contribution in [0, 0.1) is 5.92 Å². The normalized spacial score (nSPS) is 22.0. The predicted molar refractivity (Wildman–Crippen MR) is 88.0 cm³/mol. The van der Waals surface area contributed by atoms with Crippen LogP contribution in [0.5, 0.6) is 0 Å². The lowest BCUT2D eigenvalue weighted by molar-refractivity contribution is 0.132. The summed E-state index contributed by atoms with van der Waals surface area (Å²) in [6.07, 6.45) is 4.82. The van der Waals surface area contributed by atoms with Gasteiger partial charge in [0.15, 0.2) is 0 Å². The van der Waals surface area contributed by atoms with Gasteiger partial charge in [-0.3, -0.25) is 4.90 Å². The lowest BCUT2D eigenvalue weighted by Crippen LogP contribution is -2.36. The second-order valence-electron chi connectivity index (χ2n) is 6.57. The topological polar surface area (TPSA) is 30.3 Å². The third-order valence-electron chi connectivity index (χ3n) is 4.68. The molecule has 1 fully saturated rings. The predicted octanol–water partition coefficient (Wildman–Crippen LogP) is 3.10. The molecule has 5 heteroatoms. The molecule has 2 aliphatic rings. The maximum absolute atomic E-state index is 5.50. The van der Waals surface area contributed by atoms with Gasteiger partial charge in [-0.05, 0) is 30.2 Å². The van der Waals surface area contributed by atoms with Gasteiger partial charge in [0.25, 0.3) is 0 Å². The zero-order valence-electron chi connectivity index (χ0n) is 13.1. The largest absolute Gasteiger partial charge is 0.384 e. The highest BCUT2D eigenvalue weighted by atomic mass is 32.1. The van der Waals surface area contributed by atoms with Crippen molar-refractivity contribution in [3.05, 3.63) is 40.1 Å². The molecular formula is C17H23N3OS. The molecule has 0 bridgehead atoms. The molecule has 4 rings (SSSR count). The molecule has 0 spiro atoms. The van der Waals surface area contributed by atoms with Gasteiger partial charge in [-0.1, -0.05) is 6.07 Å². The number of ether oxygens (including phenoxy) is 1. The van der Waals surface area contributed by atoms with Crippen molar-refractivity contribution < 1.29 is 4.74 Å². The monoisotopic (exact) mass is 317 g/mol. The van der Waals surface area contributed by atoms with Crippen molar-refractivity contribution in [3.63, 3.8) is 0 Å². The van der Waals surface area contributed by atoms with Crippen molar-refractivity contribution >= 4 is 11.3 Å². The van der Waals surface area contributed by atoms with E-state index in [4.69, 9.17) is 9.72 Å². The number of imidazole rings is 1. The maximum Gasteiger partial charge on any atom is 0.0952 e. The lowest BCUT2D eigenvalue weighted by Gasteiger charge is -2.32. The van der Waals surface area contributed by atoms with Crippen molar-refractivity contribution in [1.29, 1.82) is 0 Å². The summed E-state index contributed by atoms with van der Waals surface area (Å²) in [6.45, 7) is 4.98. The SMILES string of the molecule is COC[C@@H]1CN(Cc2cccs2)Cc2ncn(CC3CC3)c21. The Morgan fingerprint density at radius 3 is 3.05 bits per heavy atom. The van der Waals surface area contributed by atoms with Crippen molar-refractivity contribution in [2.24, 2.45) is 5.92 Å². The first-order valence-corrected chi connectivity index (χ1v) is 8.99. The van der Waals surface area contributed by atoms with Crippen LogP contribution in [0.3, 0.4) is 0 Å². The van der Waals surface area contributed by atoms with Crippen LogP contribution in [0.4, 0.5) is 0 Å². The van der Waals surface area contributed by atoms with Gasteiger partial charge in [0.2, 0.25) is 0 Å². The van der Waals surface area contributed by atoms with E-state index < -0.39 is 0 Å². The molecular weight excluding hydrogens is 294 g/mol. The number of thiophene rings is 1. The molecule has 3 heterocycles. The van der Waals surface area contributed by atoms with Gasteiger partial charge in [0.05, 0.1) is 18.6 Å². The highest BCUT2D eigenvalue weighted by Gasteiger charge is 2.31. The molecule has 0 radical (unpaired) electrons. The first-order chi connectivity index (χ1) is 10.8. The molecule has 0 amide bonds. The third-order valence-corrected chi connectivity index (χ3v) is 5.54. The summed E-state index contributed by atoms with van der Waals surface area (Å²) in [4.78, 5) is 8.65. The highest BCUT2D eigenvalue weighted by molar-refractivity contribution is 7.09. The van der Waals surface area contributed by atoms with Crippen LogP contribution >= 0.6 is 11.3 Å². The van der Waals surface area contributed by atoms with Crippen molar-refractivity contribution in [2.45, 2.75) is 38.4 Å². The zero-order chi connectivity index (χ0) is 14.9. The minimum absolute atomic E-state index is 0.440. The lowest BCUT2D eigenvalue weighted by atomic mass is 9.98. The van der Waals surface area contributed by atoms with Crippen LogP contribution in [0.2, 0.25) is 0 Å². The van der Waals surface area contributed by atoms with E-state index in [0.717, 1.165) is 38.7 Å². The number of aromatic nitrogens is 2. The first kappa shape index (κ1) is 14.4. The van der Waals surface area contributed by atoms with Gasteiger partial charge < -0.3 is 9.30 Å². The second kappa shape index (κ2) is 6.14. The average Bonchev–Trinajstić information content (AvgIpc) is 3.00. The minimum Gasteiger partial charge on any atom is -0.384 e. The fourth-order valence-corrected chi connectivity index (χ4v) is 4.25. The fourth-order valence-electron chi connectivity index (χ4n) is 3.50. The van der Waals surface area contributed by atoms with E-state index in [-0.39, 0.29) is 0 Å². The van der Waals surface area contributed by atoms with Gasteiger partial charge in [0, 0.05) is 49.8 Å². The Kier molecular flexibility index (Phi) is 4.03. The van der Waals surface area contributed by atoms with Crippen LogP contribution in [0.15, 0.2) is 23.8 Å². The molecule has 118 valence electrons. The number of hydrogen-bond acceptors (Lipinski definition) is 4. The fraction of sp³-hybridized carbons (Fsp3) is 0.588. The molecule has 0 N–H and O–H groups in total. The molecule has 0 aromatic carbocycles. The Hall–Kier alpha value is -1.17. The van der Waals surface area contributed by atoms with Crippen LogP contribution in [0.1, 0.15) is 35.0 Å². The minimum atomic E-state index is 0.440. The van der Waals surface area contributed by atoms with Crippen molar-refractivity contribution in [2.75, 3.05) is 20.3 Å². The maximum atomic E-state index is 5.50. The summed E-state index contributed by atoms with van der Waals surface area (Å²) in [5.74, 6) is 1.32. The molecule has 0 unspecified atom stereocenters. The van der Waals surface area contributed by atoms with E-state index in [2.05, 4.69) is 33.3 Å². The number of hydrogen-bond donors (Lipinski definition) is 0. The summed E-state index contributed by atoms with van der Waals surface area (Å²) < 4.78 is 7.90. The van der Waals surface area contributed by atoms with Crippen LogP contribution in [0.25, 0.3) is 0 Å². The number of methoxy groups -OCH3 is 1. The van der Waals surface area contributed by atoms with E-state index in [1.54, 1.807) is 7.11 Å². The van der Waals surface area contributed by atoms with Gasteiger partial charge in [0.1, 0.15) is 0 Å². The first-order valence-electron chi connectivity index (χ1n) is 8.11. The van der Waals surface area contributed by atoms with Gasteiger partial charge >= 0.3 is 0 Å². The Bertz CT molecular complexity index is 618. The molecule has 1 aliphatic carbocycles. The summed E-state index contributed by atoms with van der Waals surface area (Å²) in [5, 5.41) is 2.15. The molecule has 1 atom stereocenters. The van der Waals surface area contributed by atoms with Gasteiger partial charge in [-0.25, -0.2) is 4.98 Å². The molecule has 2 aromatic rings. The molecule has 22 heavy (non-hydrogen) atoms. The zero-order valence-corrected chi connectivity index (χ0v) is 13.9. The van der Waals surface area contributed by atoms with Gasteiger partial charge in [-0.15, -0.1) is 11.3 Å². The second-order valence-corrected chi connectivity index (χ2v) is 7.61. The van der Waals surface area contributed by atoms with Crippen LogP contribution in [-0.4, -0.2) is 34.7 Å². The molecule has 1 aliphatic heterocycles. The highest BCUT2D eigenvalue weighted by Crippen LogP contribution is 2.34.